The molecule has 0 aromatic carbocycles. The summed E-state index contributed by atoms with van der Waals surface area (Å²) in [5.74, 6) is 0. The zero-order chi connectivity index (χ0) is 7.82. The molecule has 0 atom stereocenters. The Balaban J connectivity index is 3.28. The Morgan fingerprint density at radius 2 is 2.30 bits per heavy atom. The van der Waals surface area contributed by atoms with Gasteiger partial charge < -0.3 is 10.5 Å². The molecular formula is C6H15N3O. The number of nitrogens with two attached hydrogens (primary N) is 1. The molecule has 0 fully saturated rings. The summed E-state index contributed by atoms with van der Waals surface area (Å²) in [5, 5.41) is 2.99. The molecule has 0 rings (SSSR count). The van der Waals surface area contributed by atoms with Gasteiger partial charge in [0.2, 0.25) is 0 Å². The molecular weight excluding hydrogens is 130 g/mol. The molecule has 0 aliphatic heterocycles. The molecule has 0 spiro atoms. The normalized spacial score (nSPS) is 11.6. The summed E-state index contributed by atoms with van der Waals surface area (Å²) in [7, 11) is 0. The number of nitrogens with one attached hydrogen (secondary N) is 1. The minimum absolute atomic E-state index is 0.253. The van der Waals surface area contributed by atoms with E-state index in [-0.39, 0.29) is 6.02 Å². The van der Waals surface area contributed by atoms with Crippen molar-refractivity contribution >= 4 is 6.02 Å². The molecule has 3 N–H and O–H groups in total. The van der Waals surface area contributed by atoms with Gasteiger partial charge in [0, 0.05) is 0 Å². The maximum atomic E-state index is 5.31. The molecule has 0 aromatic heterocycles. The highest BCUT2D eigenvalue weighted by atomic mass is 16.5. The fourth-order valence-corrected chi connectivity index (χ4v) is 0.439. The van der Waals surface area contributed by atoms with Gasteiger partial charge in [0.1, 0.15) is 0 Å². The molecule has 0 unspecified atom stereocenters. The summed E-state index contributed by atoms with van der Waals surface area (Å²) in [6, 6.07) is 0.253. The van der Waals surface area contributed by atoms with Crippen molar-refractivity contribution in [2.24, 2.45) is 10.7 Å². The quantitative estimate of drug-likeness (QED) is 0.330. The molecule has 0 saturated heterocycles. The van der Waals surface area contributed by atoms with Gasteiger partial charge in [0.25, 0.3) is 6.02 Å². The molecule has 0 radical (unpaired) electrons. The summed E-state index contributed by atoms with van der Waals surface area (Å²) in [4.78, 5) is 3.86. The predicted molar refractivity (Wildman–Crippen MR) is 41.8 cm³/mol. The van der Waals surface area contributed by atoms with E-state index in [0.717, 1.165) is 6.54 Å². The number of aliphatic imine (C=N–C) groups is 1. The monoisotopic (exact) mass is 145 g/mol. The van der Waals surface area contributed by atoms with E-state index in [0.29, 0.717) is 13.3 Å². The first-order chi connectivity index (χ1) is 4.81. The predicted octanol–water partition coefficient (Wildman–Crippen LogP) is -0.0954. The molecule has 0 aliphatic rings. The number of ether oxygens (including phenoxy) is 1. The molecule has 4 heteroatoms. The van der Waals surface area contributed by atoms with Crippen molar-refractivity contribution in [2.75, 3.05) is 19.8 Å². The van der Waals surface area contributed by atoms with E-state index in [1.165, 1.54) is 0 Å². The molecule has 0 amide bonds. The van der Waals surface area contributed by atoms with E-state index in [4.69, 9.17) is 10.5 Å². The third-order valence-electron chi connectivity index (χ3n) is 0.889. The Kier molecular flexibility index (Phi) is 5.86. The minimum atomic E-state index is 0.253. The zero-order valence-corrected chi connectivity index (χ0v) is 6.55. The standard InChI is InChI=1S/C6H15N3O/c1-3-8-5-9-6(7)10-4-2/h8H,3-5H2,1-2H3,(H2,7,9). The van der Waals surface area contributed by atoms with E-state index < -0.39 is 0 Å². The van der Waals surface area contributed by atoms with Gasteiger partial charge in [-0.05, 0) is 13.5 Å². The van der Waals surface area contributed by atoms with Gasteiger partial charge in [-0.25, -0.2) is 4.99 Å². The van der Waals surface area contributed by atoms with Crippen molar-refractivity contribution in [3.63, 3.8) is 0 Å². The van der Waals surface area contributed by atoms with Crippen LogP contribution in [0.1, 0.15) is 13.8 Å². The van der Waals surface area contributed by atoms with Crippen LogP contribution in [0.2, 0.25) is 0 Å². The highest BCUT2D eigenvalue weighted by molar-refractivity contribution is 5.71. The average Bonchev–Trinajstić information content (AvgIpc) is 1.89. The lowest BCUT2D eigenvalue weighted by atomic mass is 10.7. The third-order valence-corrected chi connectivity index (χ3v) is 0.889. The van der Waals surface area contributed by atoms with Crippen LogP contribution in [0.4, 0.5) is 0 Å². The van der Waals surface area contributed by atoms with Crippen LogP contribution in [-0.4, -0.2) is 25.8 Å². The summed E-state index contributed by atoms with van der Waals surface area (Å²) in [6.07, 6.45) is 0. The minimum Gasteiger partial charge on any atom is -0.466 e. The van der Waals surface area contributed by atoms with E-state index in [1.54, 1.807) is 0 Å². The van der Waals surface area contributed by atoms with Crippen LogP contribution in [0.25, 0.3) is 0 Å². The van der Waals surface area contributed by atoms with Crippen molar-refractivity contribution < 1.29 is 4.74 Å². The molecule has 60 valence electrons. The number of rotatable bonds is 4. The first-order valence-electron chi connectivity index (χ1n) is 3.44. The van der Waals surface area contributed by atoms with Gasteiger partial charge in [-0.2, -0.15) is 0 Å². The van der Waals surface area contributed by atoms with Crippen LogP contribution in [-0.2, 0) is 4.74 Å². The second-order valence-corrected chi connectivity index (χ2v) is 1.69. The molecule has 10 heavy (non-hydrogen) atoms. The lowest BCUT2D eigenvalue weighted by Gasteiger charge is -2.00. The van der Waals surface area contributed by atoms with Crippen molar-refractivity contribution in [3.05, 3.63) is 0 Å². The van der Waals surface area contributed by atoms with Crippen molar-refractivity contribution in [1.29, 1.82) is 0 Å². The maximum Gasteiger partial charge on any atom is 0.283 e. The molecule has 0 aromatic rings. The summed E-state index contributed by atoms with van der Waals surface area (Å²) < 4.78 is 4.88. The second kappa shape index (κ2) is 6.35. The van der Waals surface area contributed by atoms with Crippen LogP contribution < -0.4 is 11.1 Å². The van der Waals surface area contributed by atoms with Gasteiger partial charge >= 0.3 is 0 Å². The van der Waals surface area contributed by atoms with Crippen LogP contribution in [0, 0.1) is 0 Å². The molecule has 4 nitrogen and oxygen atoms in total. The fraction of sp³-hybridized carbons (Fsp3) is 0.833. The van der Waals surface area contributed by atoms with Crippen LogP contribution in [0.3, 0.4) is 0 Å². The highest BCUT2D eigenvalue weighted by Crippen LogP contribution is 1.72. The number of hydrogen-bond acceptors (Lipinski definition) is 3. The van der Waals surface area contributed by atoms with Gasteiger partial charge in [0.15, 0.2) is 0 Å². The van der Waals surface area contributed by atoms with Crippen LogP contribution in [0.15, 0.2) is 4.99 Å². The molecule has 0 bridgehead atoms. The molecule has 0 aliphatic carbocycles. The Morgan fingerprint density at radius 1 is 1.60 bits per heavy atom. The first kappa shape index (κ1) is 9.23. The van der Waals surface area contributed by atoms with Crippen molar-refractivity contribution in [2.45, 2.75) is 13.8 Å². The Labute approximate surface area is 61.5 Å². The lowest BCUT2D eigenvalue weighted by molar-refractivity contribution is 0.320. The SMILES string of the molecule is CCNC/N=C(/N)OCC. The van der Waals surface area contributed by atoms with Gasteiger partial charge in [-0.3, -0.25) is 5.32 Å². The smallest absolute Gasteiger partial charge is 0.283 e. The largest absolute Gasteiger partial charge is 0.466 e. The van der Waals surface area contributed by atoms with Gasteiger partial charge in [-0.1, -0.05) is 6.92 Å². The summed E-state index contributed by atoms with van der Waals surface area (Å²) in [5.41, 5.74) is 5.31. The zero-order valence-electron chi connectivity index (χ0n) is 6.55. The highest BCUT2D eigenvalue weighted by Gasteiger charge is 1.86. The van der Waals surface area contributed by atoms with E-state index >= 15 is 0 Å². The lowest BCUT2D eigenvalue weighted by Crippen LogP contribution is -2.20. The topological polar surface area (TPSA) is 59.6 Å². The molecule has 0 saturated carbocycles. The average molecular weight is 145 g/mol. The Bertz CT molecular complexity index is 103. The number of hydrogen-bond donors (Lipinski definition) is 2. The van der Waals surface area contributed by atoms with Gasteiger partial charge in [0.05, 0.1) is 13.3 Å². The molecule has 0 heterocycles. The Morgan fingerprint density at radius 3 is 2.80 bits per heavy atom. The van der Waals surface area contributed by atoms with Crippen molar-refractivity contribution in [3.8, 4) is 0 Å². The second-order valence-electron chi connectivity index (χ2n) is 1.69. The van der Waals surface area contributed by atoms with E-state index in [9.17, 15) is 0 Å². The maximum absolute atomic E-state index is 5.31. The van der Waals surface area contributed by atoms with Crippen molar-refractivity contribution in [1.82, 2.24) is 5.32 Å². The van der Waals surface area contributed by atoms with Gasteiger partial charge in [-0.15, -0.1) is 0 Å². The third kappa shape index (κ3) is 5.37. The Hall–Kier alpha value is -0.770. The summed E-state index contributed by atoms with van der Waals surface area (Å²) >= 11 is 0. The fourth-order valence-electron chi connectivity index (χ4n) is 0.439. The van der Waals surface area contributed by atoms with E-state index in [2.05, 4.69) is 10.3 Å². The summed E-state index contributed by atoms with van der Waals surface area (Å²) in [6.45, 7) is 5.87. The number of nitrogens with zero attached hydrogens (tertiary/aromatic N) is 1. The van der Waals surface area contributed by atoms with E-state index in [1.807, 2.05) is 13.8 Å². The van der Waals surface area contributed by atoms with Crippen LogP contribution >= 0.6 is 0 Å². The van der Waals surface area contributed by atoms with Crippen LogP contribution in [0.5, 0.6) is 0 Å². The first-order valence-corrected chi connectivity index (χ1v) is 3.44. The number of amidine groups is 1.